The average Bonchev–Trinajstić information content (AvgIpc) is 2.97. The average molecular weight is 275 g/mol. The predicted molar refractivity (Wildman–Crippen MR) is 77.0 cm³/mol. The summed E-state index contributed by atoms with van der Waals surface area (Å²) in [5.41, 5.74) is 0.285. The lowest BCUT2D eigenvalue weighted by Crippen LogP contribution is -2.38. The smallest absolute Gasteiger partial charge is 0.212 e. The monoisotopic (exact) mass is 275 g/mol. The van der Waals surface area contributed by atoms with Crippen molar-refractivity contribution in [2.45, 2.75) is 65.6 Å². The van der Waals surface area contributed by atoms with E-state index in [4.69, 9.17) is 0 Å². The molecule has 18 heavy (non-hydrogen) atoms. The van der Waals surface area contributed by atoms with Crippen LogP contribution in [0.1, 0.15) is 60.3 Å². The SMILES string of the molecule is CC(C)S(=O)(=O)N(CCCC(C)(C)C)CC1CC1. The Morgan fingerprint density at radius 2 is 1.78 bits per heavy atom. The lowest BCUT2D eigenvalue weighted by Gasteiger charge is -2.26. The summed E-state index contributed by atoms with van der Waals surface area (Å²) in [6.07, 6.45) is 4.43. The Labute approximate surface area is 113 Å². The first-order valence-corrected chi connectivity index (χ1v) is 8.62. The fourth-order valence-electron chi connectivity index (χ4n) is 1.99. The van der Waals surface area contributed by atoms with Gasteiger partial charge in [0.2, 0.25) is 10.0 Å². The predicted octanol–water partition coefficient (Wildman–Crippen LogP) is 3.26. The number of rotatable bonds is 7. The normalized spacial score (nSPS) is 17.7. The van der Waals surface area contributed by atoms with E-state index < -0.39 is 10.0 Å². The molecule has 0 aromatic heterocycles. The van der Waals surface area contributed by atoms with Crippen LogP contribution >= 0.6 is 0 Å². The Morgan fingerprint density at radius 1 is 1.22 bits per heavy atom. The molecule has 0 atom stereocenters. The van der Waals surface area contributed by atoms with E-state index >= 15 is 0 Å². The molecule has 0 saturated heterocycles. The van der Waals surface area contributed by atoms with Crippen molar-refractivity contribution in [2.75, 3.05) is 13.1 Å². The highest BCUT2D eigenvalue weighted by Crippen LogP contribution is 2.31. The van der Waals surface area contributed by atoms with Crippen molar-refractivity contribution in [3.63, 3.8) is 0 Å². The Kier molecular flexibility index (Phi) is 5.24. The van der Waals surface area contributed by atoms with Gasteiger partial charge in [0.15, 0.2) is 0 Å². The fraction of sp³-hybridized carbons (Fsp3) is 1.00. The highest BCUT2D eigenvalue weighted by molar-refractivity contribution is 7.89. The van der Waals surface area contributed by atoms with Crippen molar-refractivity contribution in [1.29, 1.82) is 0 Å². The summed E-state index contributed by atoms with van der Waals surface area (Å²) in [7, 11) is -3.08. The number of nitrogens with zero attached hydrogens (tertiary/aromatic N) is 1. The van der Waals surface area contributed by atoms with Gasteiger partial charge in [-0.3, -0.25) is 0 Å². The van der Waals surface area contributed by atoms with E-state index in [1.165, 1.54) is 12.8 Å². The summed E-state index contributed by atoms with van der Waals surface area (Å²) >= 11 is 0. The van der Waals surface area contributed by atoms with Gasteiger partial charge in [0.1, 0.15) is 0 Å². The molecular weight excluding hydrogens is 246 g/mol. The summed E-state index contributed by atoms with van der Waals surface area (Å²) in [6, 6.07) is 0. The molecule has 0 amide bonds. The van der Waals surface area contributed by atoms with Crippen molar-refractivity contribution < 1.29 is 8.42 Å². The Hall–Kier alpha value is -0.0900. The van der Waals surface area contributed by atoms with E-state index in [0.29, 0.717) is 12.5 Å². The van der Waals surface area contributed by atoms with Gasteiger partial charge < -0.3 is 0 Å². The third-order valence-electron chi connectivity index (χ3n) is 3.45. The zero-order valence-electron chi connectivity index (χ0n) is 12.6. The van der Waals surface area contributed by atoms with Gasteiger partial charge in [-0.05, 0) is 50.9 Å². The molecule has 0 radical (unpaired) electrons. The van der Waals surface area contributed by atoms with Gasteiger partial charge in [-0.15, -0.1) is 0 Å². The minimum atomic E-state index is -3.08. The second-order valence-corrected chi connectivity index (χ2v) is 9.55. The topological polar surface area (TPSA) is 37.4 Å². The van der Waals surface area contributed by atoms with E-state index in [1.54, 1.807) is 18.2 Å². The van der Waals surface area contributed by atoms with Gasteiger partial charge in [0.25, 0.3) is 0 Å². The van der Waals surface area contributed by atoms with Gasteiger partial charge in [0, 0.05) is 13.1 Å². The Bertz CT molecular complexity index is 350. The van der Waals surface area contributed by atoms with Crippen molar-refractivity contribution in [2.24, 2.45) is 11.3 Å². The van der Waals surface area contributed by atoms with Gasteiger partial charge in [0.05, 0.1) is 5.25 Å². The van der Waals surface area contributed by atoms with Crippen LogP contribution < -0.4 is 0 Å². The molecule has 1 rings (SSSR count). The maximum absolute atomic E-state index is 12.3. The van der Waals surface area contributed by atoms with E-state index in [9.17, 15) is 8.42 Å². The standard InChI is InChI=1S/C14H29NO2S/c1-12(2)18(16,17)15(11-13-7-8-13)10-6-9-14(3,4)5/h12-13H,6-11H2,1-5H3. The van der Waals surface area contributed by atoms with Crippen LogP contribution in [-0.2, 0) is 10.0 Å². The molecular formula is C14H29NO2S. The second-order valence-electron chi connectivity index (χ2n) is 7.06. The molecule has 4 heteroatoms. The molecule has 0 spiro atoms. The molecule has 0 aromatic rings. The molecule has 0 unspecified atom stereocenters. The minimum absolute atomic E-state index is 0.285. The maximum atomic E-state index is 12.3. The van der Waals surface area contributed by atoms with Crippen LogP contribution in [-0.4, -0.2) is 31.1 Å². The third kappa shape index (κ3) is 5.27. The van der Waals surface area contributed by atoms with Crippen LogP contribution in [0.5, 0.6) is 0 Å². The molecule has 0 aromatic carbocycles. The molecule has 0 aliphatic heterocycles. The van der Waals surface area contributed by atoms with E-state index in [1.807, 2.05) is 0 Å². The third-order valence-corrected chi connectivity index (χ3v) is 5.69. The van der Waals surface area contributed by atoms with E-state index in [0.717, 1.165) is 19.4 Å². The van der Waals surface area contributed by atoms with Crippen LogP contribution in [0.4, 0.5) is 0 Å². The minimum Gasteiger partial charge on any atom is -0.212 e. The molecule has 1 aliphatic rings. The summed E-state index contributed by atoms with van der Waals surface area (Å²) < 4.78 is 26.3. The molecule has 108 valence electrons. The molecule has 0 bridgehead atoms. The molecule has 3 nitrogen and oxygen atoms in total. The van der Waals surface area contributed by atoms with Crippen molar-refractivity contribution in [3.8, 4) is 0 Å². The van der Waals surface area contributed by atoms with Crippen LogP contribution in [0.15, 0.2) is 0 Å². The highest BCUT2D eigenvalue weighted by Gasteiger charge is 2.32. The van der Waals surface area contributed by atoms with Crippen molar-refractivity contribution in [3.05, 3.63) is 0 Å². The lowest BCUT2D eigenvalue weighted by atomic mass is 9.91. The second kappa shape index (κ2) is 5.91. The summed E-state index contributed by atoms with van der Waals surface area (Å²) in [5.74, 6) is 0.619. The van der Waals surface area contributed by atoms with Crippen LogP contribution in [0.2, 0.25) is 0 Å². The number of sulfonamides is 1. The molecule has 1 fully saturated rings. The molecule has 0 heterocycles. The first-order valence-electron chi connectivity index (χ1n) is 7.12. The van der Waals surface area contributed by atoms with Crippen molar-refractivity contribution in [1.82, 2.24) is 4.31 Å². The molecule has 1 aliphatic carbocycles. The Morgan fingerprint density at radius 3 is 2.17 bits per heavy atom. The highest BCUT2D eigenvalue weighted by atomic mass is 32.2. The van der Waals surface area contributed by atoms with Crippen LogP contribution in [0.25, 0.3) is 0 Å². The maximum Gasteiger partial charge on any atom is 0.216 e. The number of hydrogen-bond acceptors (Lipinski definition) is 2. The van der Waals surface area contributed by atoms with Crippen LogP contribution in [0.3, 0.4) is 0 Å². The zero-order valence-corrected chi connectivity index (χ0v) is 13.4. The first kappa shape index (κ1) is 16.0. The quantitative estimate of drug-likeness (QED) is 0.715. The lowest BCUT2D eigenvalue weighted by molar-refractivity contribution is 0.322. The first-order chi connectivity index (χ1) is 8.13. The van der Waals surface area contributed by atoms with Gasteiger partial charge >= 0.3 is 0 Å². The van der Waals surface area contributed by atoms with E-state index in [-0.39, 0.29) is 10.7 Å². The Balaban J connectivity index is 2.55. The summed E-state index contributed by atoms with van der Waals surface area (Å²) in [5, 5.41) is -0.300. The zero-order chi connectivity index (χ0) is 14.0. The van der Waals surface area contributed by atoms with Crippen LogP contribution in [0, 0.1) is 11.3 Å². The largest absolute Gasteiger partial charge is 0.216 e. The van der Waals surface area contributed by atoms with Gasteiger partial charge in [-0.25, -0.2) is 12.7 Å². The van der Waals surface area contributed by atoms with Crippen molar-refractivity contribution >= 4 is 10.0 Å². The molecule has 0 N–H and O–H groups in total. The number of hydrogen-bond donors (Lipinski definition) is 0. The van der Waals surface area contributed by atoms with Gasteiger partial charge in [-0.1, -0.05) is 20.8 Å². The molecule has 1 saturated carbocycles. The fourth-order valence-corrected chi connectivity index (χ4v) is 3.39. The van der Waals surface area contributed by atoms with E-state index in [2.05, 4.69) is 20.8 Å². The van der Waals surface area contributed by atoms with Gasteiger partial charge in [-0.2, -0.15) is 0 Å². The summed E-state index contributed by atoms with van der Waals surface area (Å²) in [6.45, 7) is 11.6. The summed E-state index contributed by atoms with van der Waals surface area (Å²) in [4.78, 5) is 0.